The Kier molecular flexibility index (Phi) is 6.63. The van der Waals surface area contributed by atoms with Gasteiger partial charge in [0.2, 0.25) is 5.91 Å². The highest BCUT2D eigenvalue weighted by atomic mass is 16.6. The van der Waals surface area contributed by atoms with Crippen LogP contribution in [-0.4, -0.2) is 56.2 Å². The molecule has 3 heterocycles. The van der Waals surface area contributed by atoms with Crippen molar-refractivity contribution in [1.29, 1.82) is 0 Å². The number of likely N-dealkylation sites (tertiary alicyclic amines) is 1. The summed E-state index contributed by atoms with van der Waals surface area (Å²) in [6.07, 6.45) is 3.83. The number of ether oxygens (including phenoxy) is 1. The Balaban J connectivity index is 1.35. The van der Waals surface area contributed by atoms with E-state index in [0.29, 0.717) is 25.9 Å². The van der Waals surface area contributed by atoms with Gasteiger partial charge in [-0.1, -0.05) is 18.2 Å². The number of pyridine rings is 1. The van der Waals surface area contributed by atoms with Crippen LogP contribution in [0.1, 0.15) is 40.0 Å². The number of rotatable bonds is 5. The number of piperidine rings is 1. The lowest BCUT2D eigenvalue weighted by molar-refractivity contribution is -0.129. The van der Waals surface area contributed by atoms with Gasteiger partial charge in [-0.05, 0) is 51.8 Å². The van der Waals surface area contributed by atoms with Crippen LogP contribution in [0.25, 0.3) is 22.2 Å². The van der Waals surface area contributed by atoms with E-state index in [0.717, 1.165) is 22.2 Å². The van der Waals surface area contributed by atoms with Crippen molar-refractivity contribution < 1.29 is 19.1 Å². The van der Waals surface area contributed by atoms with Crippen LogP contribution in [0.3, 0.4) is 0 Å². The summed E-state index contributed by atoms with van der Waals surface area (Å²) in [4.78, 5) is 44.9. The number of hydrogen-bond acceptors (Lipinski definition) is 6. The van der Waals surface area contributed by atoms with Gasteiger partial charge in [-0.25, -0.2) is 10.2 Å². The summed E-state index contributed by atoms with van der Waals surface area (Å²) in [5, 5.41) is 5.14. The van der Waals surface area contributed by atoms with E-state index in [1.807, 2.05) is 57.2 Å². The van der Waals surface area contributed by atoms with Crippen molar-refractivity contribution in [2.75, 3.05) is 18.5 Å². The van der Waals surface area contributed by atoms with Crippen molar-refractivity contribution in [3.8, 4) is 11.3 Å². The molecule has 34 heavy (non-hydrogen) atoms. The van der Waals surface area contributed by atoms with Gasteiger partial charge >= 0.3 is 6.09 Å². The molecule has 0 atom stereocenters. The molecule has 0 aliphatic carbocycles. The van der Waals surface area contributed by atoms with E-state index >= 15 is 0 Å². The average molecular weight is 464 g/mol. The number of hydrogen-bond donors (Lipinski definition) is 1. The number of benzene rings is 1. The van der Waals surface area contributed by atoms with Crippen LogP contribution in [0.2, 0.25) is 0 Å². The third-order valence-corrected chi connectivity index (χ3v) is 5.72. The molecule has 1 saturated heterocycles. The van der Waals surface area contributed by atoms with Crippen LogP contribution in [0.15, 0.2) is 48.8 Å². The standard InChI is InChI=1S/C25H29N5O4/c1-25(2,3)34-24(33)29-13-10-17(11-14-29)22(31)15-23(32)28-30-21-9-6-7-18(19(21)16-27-30)20-8-4-5-12-26-20/h4-9,12,16-17H,10-11,13-15H2,1-3H3,(H,28,32). The normalized spacial score (nSPS) is 14.7. The molecule has 0 radical (unpaired) electrons. The van der Waals surface area contributed by atoms with Crippen molar-refractivity contribution >= 4 is 28.7 Å². The fraction of sp³-hybridized carbons (Fsp3) is 0.400. The van der Waals surface area contributed by atoms with Crippen LogP contribution in [0.4, 0.5) is 4.79 Å². The first-order chi connectivity index (χ1) is 16.2. The zero-order valence-corrected chi connectivity index (χ0v) is 19.7. The lowest BCUT2D eigenvalue weighted by Gasteiger charge is -2.32. The minimum atomic E-state index is -0.559. The van der Waals surface area contributed by atoms with Gasteiger partial charge in [-0.15, -0.1) is 0 Å². The van der Waals surface area contributed by atoms with Crippen LogP contribution >= 0.6 is 0 Å². The number of carbonyl (C=O) groups is 3. The smallest absolute Gasteiger partial charge is 0.410 e. The van der Waals surface area contributed by atoms with Gasteiger partial charge in [-0.2, -0.15) is 9.89 Å². The predicted octanol–water partition coefficient (Wildman–Crippen LogP) is 3.77. The number of Topliss-reactive ketones (excluding diaryl/α,β-unsaturated/α-hetero) is 1. The summed E-state index contributed by atoms with van der Waals surface area (Å²) in [5.74, 6) is -0.811. The quantitative estimate of drug-likeness (QED) is 0.577. The maximum Gasteiger partial charge on any atom is 0.410 e. The first kappa shape index (κ1) is 23.4. The maximum atomic E-state index is 12.7. The first-order valence-corrected chi connectivity index (χ1v) is 11.4. The van der Waals surface area contributed by atoms with Crippen molar-refractivity contribution in [3.05, 3.63) is 48.8 Å². The zero-order chi connectivity index (χ0) is 24.3. The van der Waals surface area contributed by atoms with E-state index in [2.05, 4.69) is 15.5 Å². The lowest BCUT2D eigenvalue weighted by atomic mass is 9.91. The van der Waals surface area contributed by atoms with Crippen LogP contribution in [-0.2, 0) is 14.3 Å². The molecule has 9 heteroatoms. The number of ketones is 1. The fourth-order valence-electron chi connectivity index (χ4n) is 4.06. The number of nitrogens with zero attached hydrogens (tertiary/aromatic N) is 4. The van der Waals surface area contributed by atoms with Gasteiger partial charge < -0.3 is 9.64 Å². The van der Waals surface area contributed by atoms with Crippen LogP contribution in [0.5, 0.6) is 0 Å². The van der Waals surface area contributed by atoms with Gasteiger partial charge in [0.05, 0.1) is 23.8 Å². The van der Waals surface area contributed by atoms with Crippen molar-refractivity contribution in [2.24, 2.45) is 5.92 Å². The minimum Gasteiger partial charge on any atom is -0.444 e. The molecule has 0 spiro atoms. The summed E-state index contributed by atoms with van der Waals surface area (Å²) < 4.78 is 5.39. The molecular weight excluding hydrogens is 434 g/mol. The van der Waals surface area contributed by atoms with E-state index in [-0.39, 0.29) is 24.2 Å². The molecule has 1 aliphatic heterocycles. The highest BCUT2D eigenvalue weighted by Gasteiger charge is 2.30. The SMILES string of the molecule is CC(C)(C)OC(=O)N1CCC(C(=O)CC(=O)Nn2ncc3c(-c4ccccn4)cccc32)CC1. The second kappa shape index (κ2) is 9.62. The molecule has 1 fully saturated rings. The maximum absolute atomic E-state index is 12.7. The molecule has 1 aromatic carbocycles. The second-order valence-electron chi connectivity index (χ2n) is 9.43. The number of fused-ring (bicyclic) bond motifs is 1. The van der Waals surface area contributed by atoms with Gasteiger partial charge in [-0.3, -0.25) is 14.6 Å². The molecule has 4 rings (SSSR count). The fourth-order valence-corrected chi connectivity index (χ4v) is 4.06. The van der Waals surface area contributed by atoms with Gasteiger partial charge in [0.1, 0.15) is 11.4 Å². The number of amides is 2. The highest BCUT2D eigenvalue weighted by molar-refractivity contribution is 6.03. The third-order valence-electron chi connectivity index (χ3n) is 5.72. The molecule has 1 N–H and O–H groups in total. The number of nitrogens with one attached hydrogen (secondary N) is 1. The van der Waals surface area contributed by atoms with Gasteiger partial charge in [0.15, 0.2) is 0 Å². The molecule has 0 bridgehead atoms. The van der Waals surface area contributed by atoms with Crippen LogP contribution in [0, 0.1) is 5.92 Å². The average Bonchev–Trinajstić information content (AvgIpc) is 3.21. The van der Waals surface area contributed by atoms with E-state index in [9.17, 15) is 14.4 Å². The van der Waals surface area contributed by atoms with E-state index in [1.165, 1.54) is 4.79 Å². The Bertz CT molecular complexity index is 1190. The van der Waals surface area contributed by atoms with E-state index in [1.54, 1.807) is 17.3 Å². The molecule has 0 unspecified atom stereocenters. The molecule has 9 nitrogen and oxygen atoms in total. The van der Waals surface area contributed by atoms with E-state index in [4.69, 9.17) is 4.74 Å². The highest BCUT2D eigenvalue weighted by Crippen LogP contribution is 2.27. The molecule has 2 amide bonds. The monoisotopic (exact) mass is 463 g/mol. The lowest BCUT2D eigenvalue weighted by Crippen LogP contribution is -2.43. The number of carbonyl (C=O) groups excluding carboxylic acids is 3. The second-order valence-corrected chi connectivity index (χ2v) is 9.43. The van der Waals surface area contributed by atoms with Crippen LogP contribution < -0.4 is 5.43 Å². The van der Waals surface area contributed by atoms with Crippen molar-refractivity contribution in [2.45, 2.75) is 45.6 Å². The minimum absolute atomic E-state index is 0.132. The molecule has 2 aromatic heterocycles. The first-order valence-electron chi connectivity index (χ1n) is 11.4. The molecular formula is C25H29N5O4. The largest absolute Gasteiger partial charge is 0.444 e. The van der Waals surface area contributed by atoms with Gasteiger partial charge in [0, 0.05) is 36.2 Å². The molecule has 1 aliphatic rings. The Morgan fingerprint density at radius 3 is 2.53 bits per heavy atom. The Labute approximate surface area is 198 Å². The summed E-state index contributed by atoms with van der Waals surface area (Å²) in [6, 6.07) is 11.4. The Morgan fingerprint density at radius 2 is 1.85 bits per heavy atom. The molecule has 0 saturated carbocycles. The Morgan fingerprint density at radius 1 is 1.09 bits per heavy atom. The van der Waals surface area contributed by atoms with Crippen molar-refractivity contribution in [1.82, 2.24) is 19.8 Å². The molecule has 178 valence electrons. The van der Waals surface area contributed by atoms with Gasteiger partial charge in [0.25, 0.3) is 0 Å². The zero-order valence-electron chi connectivity index (χ0n) is 19.7. The summed E-state index contributed by atoms with van der Waals surface area (Å²) in [7, 11) is 0. The summed E-state index contributed by atoms with van der Waals surface area (Å²) >= 11 is 0. The number of aromatic nitrogens is 3. The van der Waals surface area contributed by atoms with E-state index < -0.39 is 11.5 Å². The third kappa shape index (κ3) is 5.41. The van der Waals surface area contributed by atoms with Crippen molar-refractivity contribution in [3.63, 3.8) is 0 Å². The Hall–Kier alpha value is -3.75. The molecule has 3 aromatic rings. The predicted molar refractivity (Wildman–Crippen MR) is 127 cm³/mol. The topological polar surface area (TPSA) is 106 Å². The summed E-state index contributed by atoms with van der Waals surface area (Å²) in [5.41, 5.74) is 4.59. The summed E-state index contributed by atoms with van der Waals surface area (Å²) in [6.45, 7) is 6.34.